The molecule has 1 fully saturated rings. The topological polar surface area (TPSA) is 15.3 Å². The van der Waals surface area contributed by atoms with E-state index in [1.165, 1.54) is 16.3 Å². The minimum Gasteiger partial charge on any atom is -0.314 e. The van der Waals surface area contributed by atoms with Crippen LogP contribution < -0.4 is 5.32 Å². The Morgan fingerprint density at radius 3 is 2.35 bits per heavy atom. The molecule has 110 valence electrons. The summed E-state index contributed by atoms with van der Waals surface area (Å²) < 4.78 is 0. The zero-order chi connectivity index (χ0) is 12.4. The quantitative estimate of drug-likeness (QED) is 0.910. The zero-order valence-electron chi connectivity index (χ0n) is 11.7. The van der Waals surface area contributed by atoms with Gasteiger partial charge in [0.05, 0.1) is 0 Å². The van der Waals surface area contributed by atoms with Crippen molar-refractivity contribution < 1.29 is 0 Å². The number of piperazine rings is 1. The van der Waals surface area contributed by atoms with E-state index in [0.29, 0.717) is 6.04 Å². The normalized spacial score (nSPS) is 17.1. The summed E-state index contributed by atoms with van der Waals surface area (Å²) in [6, 6.07) is 15.8. The lowest BCUT2D eigenvalue weighted by Crippen LogP contribution is -2.44. The minimum atomic E-state index is 0. The average Bonchev–Trinajstić information content (AvgIpc) is 2.47. The number of benzene rings is 2. The fourth-order valence-electron chi connectivity index (χ4n) is 2.88. The first-order valence-electron chi connectivity index (χ1n) is 6.79. The smallest absolute Gasteiger partial charge is 0.0327 e. The van der Waals surface area contributed by atoms with E-state index < -0.39 is 0 Å². The second kappa shape index (κ2) is 7.84. The highest BCUT2D eigenvalue weighted by atomic mass is 35.5. The van der Waals surface area contributed by atoms with Crippen molar-refractivity contribution in [1.82, 2.24) is 10.2 Å². The lowest BCUT2D eigenvalue weighted by Gasteiger charge is -2.33. The van der Waals surface area contributed by atoms with Crippen LogP contribution in [-0.4, -0.2) is 31.1 Å². The van der Waals surface area contributed by atoms with Gasteiger partial charge in [-0.2, -0.15) is 0 Å². The Bertz CT molecular complexity index is 533. The molecule has 2 aromatic carbocycles. The first-order chi connectivity index (χ1) is 8.86. The molecular formula is C16H22Cl2N2. The molecule has 0 radical (unpaired) electrons. The highest BCUT2D eigenvalue weighted by molar-refractivity contribution is 5.86. The summed E-state index contributed by atoms with van der Waals surface area (Å²) >= 11 is 0. The van der Waals surface area contributed by atoms with Gasteiger partial charge in [0.1, 0.15) is 0 Å². The van der Waals surface area contributed by atoms with Gasteiger partial charge in [0.25, 0.3) is 0 Å². The van der Waals surface area contributed by atoms with Crippen molar-refractivity contribution in [3.63, 3.8) is 0 Å². The van der Waals surface area contributed by atoms with Crippen molar-refractivity contribution in [2.75, 3.05) is 26.2 Å². The lowest BCUT2D eigenvalue weighted by molar-refractivity contribution is 0.186. The molecular weight excluding hydrogens is 291 g/mol. The van der Waals surface area contributed by atoms with Gasteiger partial charge in [-0.3, -0.25) is 4.90 Å². The maximum absolute atomic E-state index is 3.42. The monoisotopic (exact) mass is 312 g/mol. The highest BCUT2D eigenvalue weighted by Crippen LogP contribution is 2.27. The summed E-state index contributed by atoms with van der Waals surface area (Å²) in [5, 5.41) is 6.16. The fourth-order valence-corrected chi connectivity index (χ4v) is 2.88. The molecule has 0 amide bonds. The van der Waals surface area contributed by atoms with Crippen molar-refractivity contribution in [3.05, 3.63) is 48.0 Å². The van der Waals surface area contributed by atoms with Gasteiger partial charge in [-0.25, -0.2) is 0 Å². The molecule has 20 heavy (non-hydrogen) atoms. The predicted octanol–water partition coefficient (Wildman–Crippen LogP) is 3.65. The second-order valence-electron chi connectivity index (χ2n) is 5.03. The summed E-state index contributed by atoms with van der Waals surface area (Å²) in [6.07, 6.45) is 0. The Morgan fingerprint density at radius 2 is 1.60 bits per heavy atom. The van der Waals surface area contributed by atoms with E-state index in [2.05, 4.69) is 59.6 Å². The lowest BCUT2D eigenvalue weighted by atomic mass is 9.98. The molecule has 4 heteroatoms. The third-order valence-corrected chi connectivity index (χ3v) is 3.97. The number of hydrogen-bond donors (Lipinski definition) is 1. The average molecular weight is 313 g/mol. The van der Waals surface area contributed by atoms with Gasteiger partial charge >= 0.3 is 0 Å². The highest BCUT2D eigenvalue weighted by Gasteiger charge is 2.19. The first-order valence-corrected chi connectivity index (χ1v) is 6.79. The molecule has 0 saturated carbocycles. The van der Waals surface area contributed by atoms with Crippen LogP contribution in [0.4, 0.5) is 0 Å². The van der Waals surface area contributed by atoms with Gasteiger partial charge in [0.2, 0.25) is 0 Å². The van der Waals surface area contributed by atoms with Crippen molar-refractivity contribution >= 4 is 35.6 Å². The van der Waals surface area contributed by atoms with E-state index in [1.807, 2.05) is 0 Å². The van der Waals surface area contributed by atoms with Crippen LogP contribution in [-0.2, 0) is 0 Å². The van der Waals surface area contributed by atoms with Crippen molar-refractivity contribution in [1.29, 1.82) is 0 Å². The van der Waals surface area contributed by atoms with Gasteiger partial charge < -0.3 is 5.32 Å². The van der Waals surface area contributed by atoms with E-state index in [-0.39, 0.29) is 24.8 Å². The Hall–Kier alpha value is -0.800. The van der Waals surface area contributed by atoms with E-state index in [1.54, 1.807) is 0 Å². The second-order valence-corrected chi connectivity index (χ2v) is 5.03. The van der Waals surface area contributed by atoms with Gasteiger partial charge in [0.15, 0.2) is 0 Å². The third kappa shape index (κ3) is 3.44. The van der Waals surface area contributed by atoms with Crippen molar-refractivity contribution in [3.8, 4) is 0 Å². The number of nitrogens with zero attached hydrogens (tertiary/aromatic N) is 1. The summed E-state index contributed by atoms with van der Waals surface area (Å²) in [6.45, 7) is 6.83. The molecule has 1 atom stereocenters. The largest absolute Gasteiger partial charge is 0.314 e. The van der Waals surface area contributed by atoms with Gasteiger partial charge in [-0.15, -0.1) is 24.8 Å². The molecule has 1 aliphatic rings. The summed E-state index contributed by atoms with van der Waals surface area (Å²) in [4.78, 5) is 2.57. The maximum atomic E-state index is 3.42. The molecule has 1 N–H and O–H groups in total. The molecule has 0 unspecified atom stereocenters. The van der Waals surface area contributed by atoms with Crippen molar-refractivity contribution in [2.45, 2.75) is 13.0 Å². The molecule has 1 heterocycles. The SMILES string of the molecule is C[C@@H](c1cccc2ccccc12)N1CCNCC1.Cl.Cl. The van der Waals surface area contributed by atoms with Crippen LogP contribution in [0.3, 0.4) is 0 Å². The molecule has 2 aromatic rings. The molecule has 0 bridgehead atoms. The van der Waals surface area contributed by atoms with Crippen molar-refractivity contribution in [2.24, 2.45) is 0 Å². The number of halogens is 2. The van der Waals surface area contributed by atoms with E-state index in [0.717, 1.165) is 26.2 Å². The van der Waals surface area contributed by atoms with Gasteiger partial charge in [-0.1, -0.05) is 42.5 Å². The molecule has 0 spiro atoms. The molecule has 1 aliphatic heterocycles. The predicted molar refractivity (Wildman–Crippen MR) is 91.3 cm³/mol. The molecule has 0 aliphatic carbocycles. The van der Waals surface area contributed by atoms with Crippen LogP contribution in [0.5, 0.6) is 0 Å². The fraction of sp³-hybridized carbons (Fsp3) is 0.375. The van der Waals surface area contributed by atoms with E-state index in [4.69, 9.17) is 0 Å². The van der Waals surface area contributed by atoms with Crippen LogP contribution in [0.25, 0.3) is 10.8 Å². The third-order valence-electron chi connectivity index (χ3n) is 3.97. The van der Waals surface area contributed by atoms with E-state index in [9.17, 15) is 0 Å². The summed E-state index contributed by atoms with van der Waals surface area (Å²) in [5.74, 6) is 0. The minimum absolute atomic E-state index is 0. The van der Waals surface area contributed by atoms with E-state index >= 15 is 0 Å². The maximum Gasteiger partial charge on any atom is 0.0327 e. The Labute approximate surface area is 133 Å². The Kier molecular flexibility index (Phi) is 6.77. The zero-order valence-corrected chi connectivity index (χ0v) is 13.3. The number of rotatable bonds is 2. The molecule has 2 nitrogen and oxygen atoms in total. The van der Waals surface area contributed by atoms with Gasteiger partial charge in [0, 0.05) is 32.2 Å². The Balaban J connectivity index is 0.000001000. The van der Waals surface area contributed by atoms with Crippen LogP contribution in [0, 0.1) is 0 Å². The first kappa shape index (κ1) is 17.3. The molecule has 1 saturated heterocycles. The van der Waals surface area contributed by atoms with Crippen LogP contribution in [0.1, 0.15) is 18.5 Å². The number of fused-ring (bicyclic) bond motifs is 1. The molecule has 0 aromatic heterocycles. The summed E-state index contributed by atoms with van der Waals surface area (Å²) in [7, 11) is 0. The standard InChI is InChI=1S/C16H20N2.2ClH/c1-13(18-11-9-17-10-12-18)15-8-4-6-14-5-2-3-7-16(14)15;;/h2-8,13,17H,9-12H2,1H3;2*1H/t13-;;/m0../s1. The summed E-state index contributed by atoms with van der Waals surface area (Å²) in [5.41, 5.74) is 1.45. The van der Waals surface area contributed by atoms with Crippen LogP contribution >= 0.6 is 24.8 Å². The van der Waals surface area contributed by atoms with Gasteiger partial charge in [-0.05, 0) is 23.3 Å². The van der Waals surface area contributed by atoms with Crippen LogP contribution in [0.2, 0.25) is 0 Å². The number of nitrogens with one attached hydrogen (secondary N) is 1. The molecule has 3 rings (SSSR count). The van der Waals surface area contributed by atoms with Crippen LogP contribution in [0.15, 0.2) is 42.5 Å². The Morgan fingerprint density at radius 1 is 0.950 bits per heavy atom. The number of hydrogen-bond acceptors (Lipinski definition) is 2.